The molecule has 0 saturated carbocycles. The van der Waals surface area contributed by atoms with Gasteiger partial charge in [0.1, 0.15) is 12.7 Å². The first-order valence-electron chi connectivity index (χ1n) is 5.51. The summed E-state index contributed by atoms with van der Waals surface area (Å²) in [7, 11) is 0. The molecule has 0 N–H and O–H groups in total. The Morgan fingerprint density at radius 2 is 2.27 bits per heavy atom. The summed E-state index contributed by atoms with van der Waals surface area (Å²) in [5.41, 5.74) is 0. The molecule has 88 valence electrons. The van der Waals surface area contributed by atoms with Crippen molar-refractivity contribution in [3.05, 3.63) is 0 Å². The second-order valence-corrected chi connectivity index (χ2v) is 4.24. The largest absolute Gasteiger partial charge is 0.463 e. The van der Waals surface area contributed by atoms with Crippen LogP contribution < -0.4 is 0 Å². The van der Waals surface area contributed by atoms with Gasteiger partial charge in [-0.3, -0.25) is 4.79 Å². The molecule has 0 radical (unpaired) electrons. The van der Waals surface area contributed by atoms with E-state index >= 15 is 0 Å². The van der Waals surface area contributed by atoms with E-state index in [9.17, 15) is 4.79 Å². The number of unbranched alkanes of at least 4 members (excludes halogenated alkanes) is 1. The van der Waals surface area contributed by atoms with Gasteiger partial charge in [0.15, 0.2) is 5.79 Å². The van der Waals surface area contributed by atoms with Crippen molar-refractivity contribution in [3.63, 3.8) is 0 Å². The van der Waals surface area contributed by atoms with Gasteiger partial charge in [-0.25, -0.2) is 0 Å². The van der Waals surface area contributed by atoms with E-state index in [1.165, 1.54) is 0 Å². The third kappa shape index (κ3) is 4.62. The highest BCUT2D eigenvalue weighted by Gasteiger charge is 2.33. The Labute approximate surface area is 90.9 Å². The molecule has 1 rings (SSSR count). The molecule has 0 aromatic heterocycles. The second-order valence-electron chi connectivity index (χ2n) is 4.24. The molecule has 1 saturated heterocycles. The van der Waals surface area contributed by atoms with Crippen LogP contribution in [0, 0.1) is 0 Å². The highest BCUT2D eigenvalue weighted by molar-refractivity contribution is 5.69. The summed E-state index contributed by atoms with van der Waals surface area (Å²) in [5.74, 6) is -0.689. The van der Waals surface area contributed by atoms with E-state index < -0.39 is 5.79 Å². The van der Waals surface area contributed by atoms with Gasteiger partial charge in [-0.2, -0.15) is 0 Å². The van der Waals surface area contributed by atoms with Crippen LogP contribution in [0.3, 0.4) is 0 Å². The van der Waals surface area contributed by atoms with Crippen molar-refractivity contribution < 1.29 is 19.0 Å². The van der Waals surface area contributed by atoms with Crippen LogP contribution in [-0.4, -0.2) is 31.1 Å². The van der Waals surface area contributed by atoms with E-state index in [-0.39, 0.29) is 12.1 Å². The summed E-state index contributed by atoms with van der Waals surface area (Å²) in [6.45, 7) is 6.54. The minimum Gasteiger partial charge on any atom is -0.463 e. The van der Waals surface area contributed by atoms with E-state index in [1.54, 1.807) is 0 Å². The van der Waals surface area contributed by atoms with Crippen LogP contribution in [0.25, 0.3) is 0 Å². The number of carbonyl (C=O) groups is 1. The molecule has 4 nitrogen and oxygen atoms in total. The van der Waals surface area contributed by atoms with Crippen molar-refractivity contribution in [1.29, 1.82) is 0 Å². The fraction of sp³-hybridized carbons (Fsp3) is 0.909. The van der Waals surface area contributed by atoms with Crippen LogP contribution in [0.2, 0.25) is 0 Å². The monoisotopic (exact) mass is 216 g/mol. The van der Waals surface area contributed by atoms with Gasteiger partial charge in [-0.1, -0.05) is 13.3 Å². The van der Waals surface area contributed by atoms with Gasteiger partial charge in [0.25, 0.3) is 0 Å². The third-order valence-corrected chi connectivity index (χ3v) is 2.23. The fourth-order valence-corrected chi connectivity index (χ4v) is 1.42. The van der Waals surface area contributed by atoms with Crippen molar-refractivity contribution in [3.8, 4) is 0 Å². The second kappa shape index (κ2) is 5.47. The number of carbonyl (C=O) groups excluding carboxylic acids is 1. The summed E-state index contributed by atoms with van der Waals surface area (Å²) < 4.78 is 15.9. The molecule has 15 heavy (non-hydrogen) atoms. The molecule has 0 aromatic rings. The molecule has 0 bridgehead atoms. The molecular formula is C11H20O4. The van der Waals surface area contributed by atoms with Crippen molar-refractivity contribution in [2.75, 3.05) is 13.2 Å². The topological polar surface area (TPSA) is 44.8 Å². The minimum absolute atomic E-state index is 0.120. The van der Waals surface area contributed by atoms with E-state index in [1.807, 2.05) is 20.8 Å². The molecular weight excluding hydrogens is 196 g/mol. The quantitative estimate of drug-likeness (QED) is 0.658. The third-order valence-electron chi connectivity index (χ3n) is 2.23. The predicted molar refractivity (Wildman–Crippen MR) is 55.4 cm³/mol. The lowest BCUT2D eigenvalue weighted by molar-refractivity contribution is -0.158. The molecule has 0 amide bonds. The first-order chi connectivity index (χ1) is 7.03. The summed E-state index contributed by atoms with van der Waals surface area (Å²) in [6.07, 6.45) is 2.26. The van der Waals surface area contributed by atoms with Gasteiger partial charge < -0.3 is 14.2 Å². The van der Waals surface area contributed by atoms with Crippen molar-refractivity contribution in [1.82, 2.24) is 0 Å². The van der Waals surface area contributed by atoms with Crippen molar-refractivity contribution in [2.24, 2.45) is 0 Å². The number of hydrogen-bond donors (Lipinski definition) is 0. The summed E-state index contributed by atoms with van der Waals surface area (Å²) in [4.78, 5) is 11.2. The van der Waals surface area contributed by atoms with Gasteiger partial charge in [0, 0.05) is 6.42 Å². The minimum atomic E-state index is -0.541. The van der Waals surface area contributed by atoms with Crippen LogP contribution in [0.1, 0.15) is 40.0 Å². The molecule has 0 aromatic carbocycles. The maximum Gasteiger partial charge on any atom is 0.305 e. The van der Waals surface area contributed by atoms with E-state index in [2.05, 4.69) is 0 Å². The zero-order chi connectivity index (χ0) is 11.3. The predicted octanol–water partition coefficient (Wildman–Crippen LogP) is 1.87. The maximum absolute atomic E-state index is 11.2. The zero-order valence-corrected chi connectivity index (χ0v) is 9.75. The highest BCUT2D eigenvalue weighted by atomic mass is 16.7. The van der Waals surface area contributed by atoms with Crippen LogP contribution in [-0.2, 0) is 19.0 Å². The van der Waals surface area contributed by atoms with Crippen LogP contribution in [0.4, 0.5) is 0 Å². The molecule has 0 unspecified atom stereocenters. The summed E-state index contributed by atoms with van der Waals surface area (Å²) in [5, 5.41) is 0. The number of ether oxygens (including phenoxy) is 3. The standard InChI is InChI=1S/C11H20O4/c1-4-5-6-10(12)13-7-9-8-14-11(2,3)15-9/h9H,4-8H2,1-3H3/t9-/m0/s1. The van der Waals surface area contributed by atoms with Gasteiger partial charge in [-0.05, 0) is 20.3 Å². The zero-order valence-electron chi connectivity index (χ0n) is 9.75. The van der Waals surface area contributed by atoms with Crippen molar-refractivity contribution in [2.45, 2.75) is 51.9 Å². The lowest BCUT2D eigenvalue weighted by Crippen LogP contribution is -2.25. The first-order valence-corrected chi connectivity index (χ1v) is 5.51. The Kier molecular flexibility index (Phi) is 4.54. The summed E-state index contributed by atoms with van der Waals surface area (Å²) >= 11 is 0. The Balaban J connectivity index is 2.13. The van der Waals surface area contributed by atoms with E-state index in [0.717, 1.165) is 12.8 Å². The Morgan fingerprint density at radius 1 is 1.53 bits per heavy atom. The Hall–Kier alpha value is -0.610. The normalized spacial score (nSPS) is 24.1. The van der Waals surface area contributed by atoms with Gasteiger partial charge >= 0.3 is 5.97 Å². The van der Waals surface area contributed by atoms with Gasteiger partial charge in [-0.15, -0.1) is 0 Å². The Morgan fingerprint density at radius 3 is 2.80 bits per heavy atom. The van der Waals surface area contributed by atoms with Crippen molar-refractivity contribution >= 4 is 5.97 Å². The molecule has 1 aliphatic rings. The van der Waals surface area contributed by atoms with Crippen LogP contribution in [0.5, 0.6) is 0 Å². The van der Waals surface area contributed by atoms with Crippen LogP contribution >= 0.6 is 0 Å². The number of esters is 1. The molecule has 0 spiro atoms. The molecule has 1 atom stereocenters. The number of hydrogen-bond acceptors (Lipinski definition) is 4. The highest BCUT2D eigenvalue weighted by Crippen LogP contribution is 2.22. The smallest absolute Gasteiger partial charge is 0.305 e. The van der Waals surface area contributed by atoms with Gasteiger partial charge in [0.05, 0.1) is 6.61 Å². The number of rotatable bonds is 5. The maximum atomic E-state index is 11.2. The molecule has 4 heteroatoms. The summed E-state index contributed by atoms with van der Waals surface area (Å²) in [6, 6.07) is 0. The Bertz CT molecular complexity index is 213. The average molecular weight is 216 g/mol. The molecule has 1 aliphatic heterocycles. The molecule has 0 aliphatic carbocycles. The lowest BCUT2D eigenvalue weighted by Gasteiger charge is -2.16. The van der Waals surface area contributed by atoms with E-state index in [4.69, 9.17) is 14.2 Å². The fourth-order valence-electron chi connectivity index (χ4n) is 1.42. The lowest BCUT2D eigenvalue weighted by atomic mass is 10.2. The van der Waals surface area contributed by atoms with E-state index in [0.29, 0.717) is 19.6 Å². The van der Waals surface area contributed by atoms with Crippen LogP contribution in [0.15, 0.2) is 0 Å². The average Bonchev–Trinajstić information content (AvgIpc) is 2.52. The SMILES string of the molecule is CCCCC(=O)OC[C@H]1COC(C)(C)O1. The molecule has 1 heterocycles. The first kappa shape index (κ1) is 12.5. The van der Waals surface area contributed by atoms with Gasteiger partial charge in [0.2, 0.25) is 0 Å². The molecule has 1 fully saturated rings.